The molecule has 0 fully saturated rings. The topological polar surface area (TPSA) is 90.1 Å². The first-order valence-electron chi connectivity index (χ1n) is 5.15. The predicted molar refractivity (Wildman–Crippen MR) is 70.0 cm³/mol. The van der Waals surface area contributed by atoms with Gasteiger partial charge >= 0.3 is 0 Å². The van der Waals surface area contributed by atoms with Crippen LogP contribution in [0.2, 0.25) is 0 Å². The molecule has 3 N–H and O–H groups in total. The Morgan fingerprint density at radius 1 is 1.50 bits per heavy atom. The van der Waals surface area contributed by atoms with Crippen LogP contribution in [0.3, 0.4) is 0 Å². The van der Waals surface area contributed by atoms with E-state index in [1.54, 1.807) is 25.1 Å². The van der Waals surface area contributed by atoms with Crippen LogP contribution in [0.25, 0.3) is 0 Å². The van der Waals surface area contributed by atoms with Gasteiger partial charge in [0.2, 0.25) is 5.13 Å². The molecule has 1 aromatic carbocycles. The van der Waals surface area contributed by atoms with E-state index in [2.05, 4.69) is 14.7 Å². The highest BCUT2D eigenvalue weighted by Gasteiger charge is 2.11. The van der Waals surface area contributed by atoms with Crippen molar-refractivity contribution in [3.05, 3.63) is 29.6 Å². The van der Waals surface area contributed by atoms with Crippen LogP contribution in [0.4, 0.5) is 10.8 Å². The number of hydrogen-bond acceptors (Lipinski definition) is 6. The average Bonchev–Trinajstić information content (AvgIpc) is 2.75. The molecule has 0 unspecified atom stereocenters. The molecule has 0 aliphatic carbocycles. The van der Waals surface area contributed by atoms with E-state index in [0.29, 0.717) is 28.0 Å². The maximum absolute atomic E-state index is 11.9. The minimum atomic E-state index is -0.274. The molecular formula is C11H12N4O2S. The van der Waals surface area contributed by atoms with Gasteiger partial charge in [-0.3, -0.25) is 10.1 Å². The van der Waals surface area contributed by atoms with Crippen LogP contribution in [-0.2, 0) is 0 Å². The van der Waals surface area contributed by atoms with Crippen LogP contribution in [0, 0.1) is 6.92 Å². The van der Waals surface area contributed by atoms with E-state index >= 15 is 0 Å². The SMILES string of the molecule is COc1cc(C(=O)Nc2nc(C)ns2)ccc1N. The number of nitrogens with two attached hydrogens (primary N) is 1. The van der Waals surface area contributed by atoms with Crippen molar-refractivity contribution in [3.63, 3.8) is 0 Å². The van der Waals surface area contributed by atoms with E-state index in [0.717, 1.165) is 11.5 Å². The first-order chi connectivity index (χ1) is 8.60. The summed E-state index contributed by atoms with van der Waals surface area (Å²) >= 11 is 1.14. The van der Waals surface area contributed by atoms with Gasteiger partial charge in [0, 0.05) is 17.1 Å². The lowest BCUT2D eigenvalue weighted by atomic mass is 10.2. The fourth-order valence-corrected chi connectivity index (χ4v) is 1.94. The van der Waals surface area contributed by atoms with Gasteiger partial charge in [0.25, 0.3) is 5.91 Å². The van der Waals surface area contributed by atoms with E-state index in [9.17, 15) is 4.79 Å². The fraction of sp³-hybridized carbons (Fsp3) is 0.182. The normalized spacial score (nSPS) is 10.1. The third-order valence-electron chi connectivity index (χ3n) is 2.24. The van der Waals surface area contributed by atoms with Gasteiger partial charge in [-0.1, -0.05) is 0 Å². The van der Waals surface area contributed by atoms with E-state index < -0.39 is 0 Å². The Labute approximate surface area is 108 Å². The van der Waals surface area contributed by atoms with Crippen molar-refractivity contribution in [2.45, 2.75) is 6.92 Å². The molecule has 6 nitrogen and oxygen atoms in total. The van der Waals surface area contributed by atoms with Gasteiger partial charge in [-0.2, -0.15) is 4.37 Å². The first-order valence-corrected chi connectivity index (χ1v) is 5.92. The molecule has 0 radical (unpaired) electrons. The molecule has 0 atom stereocenters. The molecular weight excluding hydrogens is 252 g/mol. The maximum atomic E-state index is 11.9. The van der Waals surface area contributed by atoms with Crippen LogP contribution in [-0.4, -0.2) is 22.4 Å². The number of methoxy groups -OCH3 is 1. The number of nitrogens with one attached hydrogen (secondary N) is 1. The molecule has 0 saturated carbocycles. The summed E-state index contributed by atoms with van der Waals surface area (Å²) in [6, 6.07) is 4.83. The Kier molecular flexibility index (Phi) is 3.42. The van der Waals surface area contributed by atoms with Gasteiger partial charge < -0.3 is 10.5 Å². The molecule has 0 bridgehead atoms. The van der Waals surface area contributed by atoms with Crippen molar-refractivity contribution in [1.29, 1.82) is 0 Å². The summed E-state index contributed by atoms with van der Waals surface area (Å²) in [5.74, 6) is 0.825. The Bertz CT molecular complexity index is 582. The van der Waals surface area contributed by atoms with Gasteiger partial charge in [0.1, 0.15) is 11.6 Å². The number of aryl methyl sites for hydroxylation is 1. The Morgan fingerprint density at radius 3 is 2.89 bits per heavy atom. The molecule has 94 valence electrons. The molecule has 1 heterocycles. The van der Waals surface area contributed by atoms with Crippen molar-refractivity contribution in [2.24, 2.45) is 0 Å². The summed E-state index contributed by atoms with van der Waals surface area (Å²) in [5, 5.41) is 3.13. The summed E-state index contributed by atoms with van der Waals surface area (Å²) in [6.45, 7) is 1.76. The lowest BCUT2D eigenvalue weighted by Crippen LogP contribution is -2.12. The van der Waals surface area contributed by atoms with E-state index in [1.807, 2.05) is 0 Å². The van der Waals surface area contributed by atoms with Crippen LogP contribution in [0.5, 0.6) is 5.75 Å². The molecule has 1 amide bonds. The molecule has 2 rings (SSSR count). The molecule has 0 aliphatic heterocycles. The minimum Gasteiger partial charge on any atom is -0.495 e. The number of ether oxygens (including phenoxy) is 1. The predicted octanol–water partition coefficient (Wildman–Crippen LogP) is 1.69. The average molecular weight is 264 g/mol. The van der Waals surface area contributed by atoms with Crippen molar-refractivity contribution in [3.8, 4) is 5.75 Å². The highest BCUT2D eigenvalue weighted by molar-refractivity contribution is 7.09. The van der Waals surface area contributed by atoms with E-state index in [4.69, 9.17) is 10.5 Å². The van der Waals surface area contributed by atoms with E-state index in [-0.39, 0.29) is 5.91 Å². The maximum Gasteiger partial charge on any atom is 0.257 e. The molecule has 0 saturated heterocycles. The lowest BCUT2D eigenvalue weighted by Gasteiger charge is -2.06. The van der Waals surface area contributed by atoms with Crippen molar-refractivity contribution < 1.29 is 9.53 Å². The number of carbonyl (C=O) groups excluding carboxylic acids is 1. The van der Waals surface area contributed by atoms with Gasteiger partial charge in [-0.25, -0.2) is 4.98 Å². The summed E-state index contributed by atoms with van der Waals surface area (Å²) in [5.41, 5.74) is 6.62. The number of carbonyl (C=O) groups is 1. The Hall–Kier alpha value is -2.15. The fourth-order valence-electron chi connectivity index (χ4n) is 1.37. The molecule has 0 spiro atoms. The highest BCUT2D eigenvalue weighted by atomic mass is 32.1. The highest BCUT2D eigenvalue weighted by Crippen LogP contribution is 2.22. The monoisotopic (exact) mass is 264 g/mol. The zero-order valence-electron chi connectivity index (χ0n) is 9.93. The lowest BCUT2D eigenvalue weighted by molar-refractivity contribution is 0.102. The van der Waals surface area contributed by atoms with Crippen LogP contribution >= 0.6 is 11.5 Å². The summed E-state index contributed by atoms with van der Waals surface area (Å²) in [7, 11) is 1.50. The minimum absolute atomic E-state index is 0.274. The third kappa shape index (κ3) is 2.57. The Morgan fingerprint density at radius 2 is 2.28 bits per heavy atom. The van der Waals surface area contributed by atoms with Crippen molar-refractivity contribution in [2.75, 3.05) is 18.2 Å². The second-order valence-corrected chi connectivity index (χ2v) is 4.31. The second-order valence-electron chi connectivity index (χ2n) is 3.56. The molecule has 0 aliphatic rings. The number of nitrogen functional groups attached to an aromatic ring is 1. The number of anilines is 2. The van der Waals surface area contributed by atoms with Gasteiger partial charge in [-0.15, -0.1) is 0 Å². The zero-order chi connectivity index (χ0) is 13.1. The number of rotatable bonds is 3. The molecule has 18 heavy (non-hydrogen) atoms. The number of aromatic nitrogens is 2. The van der Waals surface area contributed by atoms with E-state index in [1.165, 1.54) is 7.11 Å². The number of benzene rings is 1. The van der Waals surface area contributed by atoms with Gasteiger partial charge in [-0.05, 0) is 25.1 Å². The molecule has 2 aromatic rings. The first kappa shape index (κ1) is 12.3. The number of nitrogens with zero attached hydrogens (tertiary/aromatic N) is 2. The second kappa shape index (κ2) is 5.01. The van der Waals surface area contributed by atoms with Crippen molar-refractivity contribution >= 4 is 28.3 Å². The van der Waals surface area contributed by atoms with Crippen LogP contribution in [0.1, 0.15) is 16.2 Å². The standard InChI is InChI=1S/C11H12N4O2S/c1-6-13-11(18-15-6)14-10(16)7-3-4-8(12)9(5-7)17-2/h3-5H,12H2,1-2H3,(H,13,14,15,16). The Balaban J connectivity index is 2.18. The van der Waals surface area contributed by atoms with Crippen molar-refractivity contribution in [1.82, 2.24) is 9.36 Å². The number of hydrogen-bond donors (Lipinski definition) is 2. The van der Waals surface area contributed by atoms with Crippen LogP contribution in [0.15, 0.2) is 18.2 Å². The molecule has 7 heteroatoms. The third-order valence-corrected chi connectivity index (χ3v) is 2.97. The quantitative estimate of drug-likeness (QED) is 0.823. The zero-order valence-corrected chi connectivity index (χ0v) is 10.7. The summed E-state index contributed by atoms with van der Waals surface area (Å²) < 4.78 is 9.04. The number of amides is 1. The largest absolute Gasteiger partial charge is 0.495 e. The summed E-state index contributed by atoms with van der Waals surface area (Å²) in [4.78, 5) is 16.0. The van der Waals surface area contributed by atoms with Crippen LogP contribution < -0.4 is 15.8 Å². The smallest absolute Gasteiger partial charge is 0.257 e. The molecule has 1 aromatic heterocycles. The van der Waals surface area contributed by atoms with Gasteiger partial charge in [0.05, 0.1) is 12.8 Å². The summed E-state index contributed by atoms with van der Waals surface area (Å²) in [6.07, 6.45) is 0. The van der Waals surface area contributed by atoms with Gasteiger partial charge in [0.15, 0.2) is 0 Å².